The van der Waals surface area contributed by atoms with Gasteiger partial charge in [-0.3, -0.25) is 14.7 Å². The summed E-state index contributed by atoms with van der Waals surface area (Å²) in [7, 11) is -3.56. The van der Waals surface area contributed by atoms with Gasteiger partial charge in [-0.1, -0.05) is 23.7 Å². The third-order valence-corrected chi connectivity index (χ3v) is 9.21. The fraction of sp³-hybridized carbons (Fsp3) is 0.440. The molecule has 0 unspecified atom stereocenters. The highest BCUT2D eigenvalue weighted by Gasteiger charge is 2.24. The number of sulfone groups is 1. The first-order chi connectivity index (χ1) is 16.8. The smallest absolute Gasteiger partial charge is 0.223 e. The SMILES string of the molecule is CCN=c1scc(CN2CCN(C(=O)CCS(=O)(=O)c3ccc4cc(Cl)ccc4c3)CC2)n1CC. The maximum atomic E-state index is 12.9. The van der Waals surface area contributed by atoms with E-state index in [1.807, 2.05) is 6.92 Å². The third-order valence-electron chi connectivity index (χ3n) is 6.32. The number of amides is 1. The zero-order valence-corrected chi connectivity index (χ0v) is 22.5. The van der Waals surface area contributed by atoms with Crippen LogP contribution in [0.15, 0.2) is 51.7 Å². The second-order valence-electron chi connectivity index (χ2n) is 8.61. The Kier molecular flexibility index (Phi) is 8.31. The zero-order valence-electron chi connectivity index (χ0n) is 20.1. The summed E-state index contributed by atoms with van der Waals surface area (Å²) in [5.41, 5.74) is 1.24. The van der Waals surface area contributed by atoms with Gasteiger partial charge in [0.2, 0.25) is 5.91 Å². The lowest BCUT2D eigenvalue weighted by Crippen LogP contribution is -2.48. The van der Waals surface area contributed by atoms with Crippen LogP contribution in [0, 0.1) is 0 Å². The van der Waals surface area contributed by atoms with Crippen LogP contribution in [-0.2, 0) is 27.7 Å². The van der Waals surface area contributed by atoms with Crippen molar-refractivity contribution in [3.63, 3.8) is 0 Å². The molecule has 10 heteroatoms. The predicted molar refractivity (Wildman–Crippen MR) is 142 cm³/mol. The molecule has 1 amide bonds. The summed E-state index contributed by atoms with van der Waals surface area (Å²) in [6.07, 6.45) is -0.0107. The van der Waals surface area contributed by atoms with Crippen molar-refractivity contribution in [1.82, 2.24) is 14.4 Å². The number of fused-ring (bicyclic) bond motifs is 1. The molecular weight excluding hydrogens is 504 g/mol. The summed E-state index contributed by atoms with van der Waals surface area (Å²) in [4.78, 5) is 22.8. The van der Waals surface area contributed by atoms with E-state index < -0.39 is 9.84 Å². The van der Waals surface area contributed by atoms with Crippen LogP contribution in [-0.4, -0.2) is 67.2 Å². The van der Waals surface area contributed by atoms with E-state index in [1.54, 1.807) is 52.6 Å². The van der Waals surface area contributed by atoms with Crippen molar-refractivity contribution in [3.8, 4) is 0 Å². The van der Waals surface area contributed by atoms with Gasteiger partial charge in [0.05, 0.1) is 10.6 Å². The van der Waals surface area contributed by atoms with E-state index in [9.17, 15) is 13.2 Å². The van der Waals surface area contributed by atoms with E-state index in [-0.39, 0.29) is 23.0 Å². The number of nitrogens with zero attached hydrogens (tertiary/aromatic N) is 4. The number of benzene rings is 2. The van der Waals surface area contributed by atoms with Crippen molar-refractivity contribution < 1.29 is 13.2 Å². The Hall–Kier alpha value is -2.20. The molecule has 1 aliphatic heterocycles. The summed E-state index contributed by atoms with van der Waals surface area (Å²) in [6.45, 7) is 9.41. The first-order valence-corrected chi connectivity index (χ1v) is 14.8. The normalized spacial score (nSPS) is 15.7. The Morgan fingerprint density at radius 1 is 1.06 bits per heavy atom. The average molecular weight is 535 g/mol. The minimum absolute atomic E-state index is 0.0107. The van der Waals surface area contributed by atoms with Crippen LogP contribution >= 0.6 is 22.9 Å². The van der Waals surface area contributed by atoms with Crippen molar-refractivity contribution in [2.75, 3.05) is 38.5 Å². The maximum absolute atomic E-state index is 12.9. The van der Waals surface area contributed by atoms with Gasteiger partial charge in [0.25, 0.3) is 0 Å². The molecule has 188 valence electrons. The van der Waals surface area contributed by atoms with E-state index >= 15 is 0 Å². The van der Waals surface area contributed by atoms with Gasteiger partial charge in [0, 0.05) is 68.3 Å². The number of rotatable bonds is 8. The summed E-state index contributed by atoms with van der Waals surface area (Å²) in [6, 6.07) is 10.3. The monoisotopic (exact) mass is 534 g/mol. The second kappa shape index (κ2) is 11.2. The first-order valence-electron chi connectivity index (χ1n) is 11.9. The lowest BCUT2D eigenvalue weighted by atomic mass is 10.1. The number of hydrogen-bond donors (Lipinski definition) is 0. The maximum Gasteiger partial charge on any atom is 0.223 e. The number of piperazine rings is 1. The number of halogens is 1. The van der Waals surface area contributed by atoms with Crippen molar-refractivity contribution in [2.45, 2.75) is 38.3 Å². The van der Waals surface area contributed by atoms with Crippen LogP contribution in [0.25, 0.3) is 10.8 Å². The van der Waals surface area contributed by atoms with E-state index in [0.717, 1.165) is 48.3 Å². The molecule has 1 saturated heterocycles. The standard InChI is InChI=1S/C25H31ClN4O3S2/c1-3-27-25-30(4-2)22(18-34-25)17-28-10-12-29(13-11-28)24(31)9-14-35(32,33)23-8-6-19-15-21(26)7-5-20(19)16-23/h5-8,15-16,18H,3-4,9-14,17H2,1-2H3. The summed E-state index contributed by atoms with van der Waals surface area (Å²) >= 11 is 7.68. The summed E-state index contributed by atoms with van der Waals surface area (Å²) in [5, 5.41) is 4.47. The fourth-order valence-electron chi connectivity index (χ4n) is 4.36. The molecule has 7 nitrogen and oxygen atoms in total. The number of hydrogen-bond acceptors (Lipinski definition) is 6. The molecule has 0 radical (unpaired) electrons. The third kappa shape index (κ3) is 6.14. The minimum Gasteiger partial charge on any atom is -0.340 e. The molecule has 0 bridgehead atoms. The molecule has 1 fully saturated rings. The predicted octanol–water partition coefficient (Wildman–Crippen LogP) is 3.80. The molecule has 0 N–H and O–H groups in total. The Bertz CT molecular complexity index is 1370. The number of carbonyl (C=O) groups is 1. The molecular formula is C25H31ClN4O3S2. The van der Waals surface area contributed by atoms with Crippen LogP contribution in [0.1, 0.15) is 26.0 Å². The Morgan fingerprint density at radius 3 is 2.49 bits per heavy atom. The largest absolute Gasteiger partial charge is 0.340 e. The second-order valence-corrected chi connectivity index (χ2v) is 12.0. The molecule has 1 aromatic heterocycles. The van der Waals surface area contributed by atoms with Gasteiger partial charge in [-0.25, -0.2) is 8.42 Å². The Labute approximate surface area is 215 Å². The van der Waals surface area contributed by atoms with E-state index in [1.165, 1.54) is 5.69 Å². The summed E-state index contributed by atoms with van der Waals surface area (Å²) in [5.74, 6) is -0.302. The Balaban J connectivity index is 1.31. The zero-order chi connectivity index (χ0) is 25.0. The molecule has 0 saturated carbocycles. The number of thiazole rings is 1. The molecule has 1 aliphatic rings. The van der Waals surface area contributed by atoms with Crippen LogP contribution in [0.2, 0.25) is 5.02 Å². The fourth-order valence-corrected chi connectivity index (χ4v) is 6.82. The molecule has 4 rings (SSSR count). The van der Waals surface area contributed by atoms with Crippen molar-refractivity contribution in [2.24, 2.45) is 4.99 Å². The van der Waals surface area contributed by atoms with Gasteiger partial charge in [0.15, 0.2) is 14.6 Å². The van der Waals surface area contributed by atoms with Gasteiger partial charge in [-0.15, -0.1) is 11.3 Å². The molecule has 0 spiro atoms. The highest BCUT2D eigenvalue weighted by Crippen LogP contribution is 2.23. The average Bonchev–Trinajstić information content (AvgIpc) is 3.23. The molecule has 3 aromatic rings. The molecule has 0 atom stereocenters. The molecule has 35 heavy (non-hydrogen) atoms. The van der Waals surface area contributed by atoms with Gasteiger partial charge in [-0.2, -0.15) is 0 Å². The van der Waals surface area contributed by atoms with Crippen LogP contribution in [0.4, 0.5) is 0 Å². The Morgan fingerprint density at radius 2 is 1.77 bits per heavy atom. The van der Waals surface area contributed by atoms with Crippen molar-refractivity contribution in [1.29, 1.82) is 0 Å². The van der Waals surface area contributed by atoms with Gasteiger partial charge in [0.1, 0.15) is 0 Å². The van der Waals surface area contributed by atoms with Crippen LogP contribution < -0.4 is 4.80 Å². The quantitative estimate of drug-likeness (QED) is 0.440. The first kappa shape index (κ1) is 25.9. The minimum atomic E-state index is -3.56. The van der Waals surface area contributed by atoms with Crippen molar-refractivity contribution >= 4 is 49.5 Å². The lowest BCUT2D eigenvalue weighted by molar-refractivity contribution is -0.132. The van der Waals surface area contributed by atoms with Crippen molar-refractivity contribution in [3.05, 3.63) is 57.3 Å². The van der Waals surface area contributed by atoms with Gasteiger partial charge in [-0.05, 0) is 48.9 Å². The lowest BCUT2D eigenvalue weighted by Gasteiger charge is -2.34. The molecule has 2 aromatic carbocycles. The molecule has 0 aliphatic carbocycles. The van der Waals surface area contributed by atoms with Crippen LogP contribution in [0.5, 0.6) is 0 Å². The molecule has 2 heterocycles. The number of carbonyl (C=O) groups excluding carboxylic acids is 1. The van der Waals surface area contributed by atoms with Crippen LogP contribution in [0.3, 0.4) is 0 Å². The highest BCUT2D eigenvalue weighted by atomic mass is 35.5. The van der Waals surface area contributed by atoms with E-state index in [0.29, 0.717) is 18.1 Å². The van der Waals surface area contributed by atoms with E-state index in [4.69, 9.17) is 11.6 Å². The van der Waals surface area contributed by atoms with Gasteiger partial charge < -0.3 is 9.47 Å². The van der Waals surface area contributed by atoms with Gasteiger partial charge >= 0.3 is 0 Å². The highest BCUT2D eigenvalue weighted by molar-refractivity contribution is 7.91. The summed E-state index contributed by atoms with van der Waals surface area (Å²) < 4.78 is 28.0. The number of aromatic nitrogens is 1. The topological polar surface area (TPSA) is 75.0 Å². The van der Waals surface area contributed by atoms with E-state index in [2.05, 4.69) is 26.8 Å².